The van der Waals surface area contributed by atoms with Crippen LogP contribution >= 0.6 is 11.3 Å². The van der Waals surface area contributed by atoms with Crippen molar-refractivity contribution in [3.05, 3.63) is 51.5 Å². The van der Waals surface area contributed by atoms with Gasteiger partial charge < -0.3 is 20.1 Å². The highest BCUT2D eigenvalue weighted by atomic mass is 32.1. The van der Waals surface area contributed by atoms with Gasteiger partial charge in [-0.05, 0) is 45.6 Å². The molecule has 2 N–H and O–H groups in total. The highest BCUT2D eigenvalue weighted by Crippen LogP contribution is 2.24. The summed E-state index contributed by atoms with van der Waals surface area (Å²) in [5, 5.41) is 7.48. The number of hydrogen-bond donors (Lipinski definition) is 2. The number of benzene rings is 1. The molecule has 0 spiro atoms. The Labute approximate surface area is 189 Å². The maximum Gasteiger partial charge on any atom is 0.350 e. The van der Waals surface area contributed by atoms with E-state index in [1.807, 2.05) is 19.9 Å². The van der Waals surface area contributed by atoms with E-state index in [0.717, 1.165) is 44.0 Å². The van der Waals surface area contributed by atoms with Gasteiger partial charge in [0.25, 0.3) is 0 Å². The molecule has 2 aromatic rings. The first kappa shape index (κ1) is 24.8. The average molecular weight is 447 g/mol. The number of thiazole rings is 1. The van der Waals surface area contributed by atoms with Crippen LogP contribution in [0.25, 0.3) is 0 Å². The Bertz CT molecular complexity index is 823. The molecular formula is C23H34N4O3S. The van der Waals surface area contributed by atoms with Crippen LogP contribution in [0.15, 0.2) is 35.3 Å². The van der Waals surface area contributed by atoms with Crippen molar-refractivity contribution in [2.24, 2.45) is 4.99 Å². The zero-order valence-electron chi connectivity index (χ0n) is 18.9. The first-order valence-electron chi connectivity index (χ1n) is 10.8. The number of unbranched alkanes of at least 4 members (excludes halogenated alkanes) is 1. The second-order valence-electron chi connectivity index (χ2n) is 7.11. The van der Waals surface area contributed by atoms with E-state index < -0.39 is 0 Å². The Morgan fingerprint density at radius 1 is 1.23 bits per heavy atom. The summed E-state index contributed by atoms with van der Waals surface area (Å²) in [6.45, 7) is 8.29. The Kier molecular flexibility index (Phi) is 11.0. The molecule has 0 fully saturated rings. The highest BCUT2D eigenvalue weighted by molar-refractivity contribution is 7.13. The lowest BCUT2D eigenvalue weighted by molar-refractivity contribution is 0.0531. The van der Waals surface area contributed by atoms with Gasteiger partial charge in [-0.1, -0.05) is 30.3 Å². The third-order valence-electron chi connectivity index (χ3n) is 4.61. The number of ether oxygens (including phenoxy) is 2. The van der Waals surface area contributed by atoms with Crippen LogP contribution in [0.5, 0.6) is 0 Å². The number of guanidine groups is 1. The molecule has 0 saturated carbocycles. The molecule has 0 radical (unpaired) electrons. The van der Waals surface area contributed by atoms with Crippen molar-refractivity contribution in [3.8, 4) is 0 Å². The van der Waals surface area contributed by atoms with Gasteiger partial charge in [-0.3, -0.25) is 4.99 Å². The zero-order valence-corrected chi connectivity index (χ0v) is 19.8. The van der Waals surface area contributed by atoms with E-state index in [-0.39, 0.29) is 12.0 Å². The fourth-order valence-electron chi connectivity index (χ4n) is 2.92. The molecule has 0 aliphatic rings. The Morgan fingerprint density at radius 2 is 2.00 bits per heavy atom. The number of aliphatic imine (C=N–C) groups is 1. The van der Waals surface area contributed by atoms with Crippen molar-refractivity contribution in [2.45, 2.75) is 46.1 Å². The second kappa shape index (κ2) is 13.8. The summed E-state index contributed by atoms with van der Waals surface area (Å²) in [6.07, 6.45) is 2.92. The van der Waals surface area contributed by atoms with Crippen LogP contribution in [-0.4, -0.2) is 50.3 Å². The first-order valence-corrected chi connectivity index (χ1v) is 11.6. The van der Waals surface area contributed by atoms with E-state index >= 15 is 0 Å². The molecule has 1 atom stereocenters. The van der Waals surface area contributed by atoms with Crippen LogP contribution in [0.4, 0.5) is 0 Å². The molecule has 0 bridgehead atoms. The molecule has 0 saturated heterocycles. The summed E-state index contributed by atoms with van der Waals surface area (Å²) >= 11 is 1.36. The second-order valence-corrected chi connectivity index (χ2v) is 8.14. The minimum absolute atomic E-state index is 0.0700. The van der Waals surface area contributed by atoms with Gasteiger partial charge in [0.05, 0.1) is 24.9 Å². The molecule has 7 nitrogen and oxygen atoms in total. The Morgan fingerprint density at radius 3 is 2.71 bits per heavy atom. The van der Waals surface area contributed by atoms with Gasteiger partial charge in [0, 0.05) is 20.2 Å². The topological polar surface area (TPSA) is 84.8 Å². The van der Waals surface area contributed by atoms with Crippen LogP contribution in [-0.2, 0) is 15.9 Å². The van der Waals surface area contributed by atoms with Crippen LogP contribution in [0.3, 0.4) is 0 Å². The molecule has 31 heavy (non-hydrogen) atoms. The predicted molar refractivity (Wildman–Crippen MR) is 126 cm³/mol. The summed E-state index contributed by atoms with van der Waals surface area (Å²) in [5.74, 6) is 0.396. The highest BCUT2D eigenvalue weighted by Gasteiger charge is 2.20. The van der Waals surface area contributed by atoms with Gasteiger partial charge in [-0.25, -0.2) is 9.78 Å². The summed E-state index contributed by atoms with van der Waals surface area (Å²) in [7, 11) is 1.74. The smallest absolute Gasteiger partial charge is 0.350 e. The predicted octanol–water partition coefficient (Wildman–Crippen LogP) is 3.89. The molecule has 1 aromatic heterocycles. The van der Waals surface area contributed by atoms with Gasteiger partial charge in [0.2, 0.25) is 0 Å². The molecular weight excluding hydrogens is 412 g/mol. The van der Waals surface area contributed by atoms with E-state index in [2.05, 4.69) is 44.9 Å². The fourth-order valence-corrected chi connectivity index (χ4v) is 3.89. The van der Waals surface area contributed by atoms with E-state index in [0.29, 0.717) is 23.1 Å². The fraction of sp³-hybridized carbons (Fsp3) is 0.522. The number of hydrogen-bond acceptors (Lipinski definition) is 6. The number of carbonyl (C=O) groups is 1. The van der Waals surface area contributed by atoms with E-state index in [9.17, 15) is 4.79 Å². The Hall–Kier alpha value is -2.45. The van der Waals surface area contributed by atoms with E-state index in [4.69, 9.17) is 9.47 Å². The maximum atomic E-state index is 12.0. The number of esters is 1. The summed E-state index contributed by atoms with van der Waals surface area (Å²) in [4.78, 5) is 21.4. The molecule has 1 unspecified atom stereocenters. The third-order valence-corrected chi connectivity index (χ3v) is 5.93. The molecule has 8 heteroatoms. The number of carbonyl (C=O) groups excluding carboxylic acids is 1. The van der Waals surface area contributed by atoms with E-state index in [1.54, 1.807) is 14.0 Å². The van der Waals surface area contributed by atoms with Crippen LogP contribution in [0.2, 0.25) is 0 Å². The molecule has 170 valence electrons. The number of aryl methyl sites for hydroxylation is 1. The number of aromatic nitrogens is 1. The molecule has 0 amide bonds. The molecule has 1 aromatic carbocycles. The molecule has 0 aliphatic carbocycles. The number of rotatable bonds is 12. The van der Waals surface area contributed by atoms with Gasteiger partial charge in [0.15, 0.2) is 5.96 Å². The quantitative estimate of drug-likeness (QED) is 0.223. The minimum atomic E-state index is -0.315. The van der Waals surface area contributed by atoms with Crippen LogP contribution < -0.4 is 10.6 Å². The van der Waals surface area contributed by atoms with Crippen molar-refractivity contribution in [1.82, 2.24) is 15.6 Å². The van der Waals surface area contributed by atoms with Gasteiger partial charge in [0.1, 0.15) is 9.88 Å². The normalized spacial score (nSPS) is 12.5. The largest absolute Gasteiger partial charge is 0.462 e. The summed E-state index contributed by atoms with van der Waals surface area (Å²) in [5.41, 5.74) is 2.00. The molecule has 2 rings (SSSR count). The Balaban J connectivity index is 1.64. The van der Waals surface area contributed by atoms with Gasteiger partial charge in [-0.15, -0.1) is 11.3 Å². The van der Waals surface area contributed by atoms with Crippen LogP contribution in [0, 0.1) is 6.92 Å². The van der Waals surface area contributed by atoms with Crippen LogP contribution in [0.1, 0.15) is 58.7 Å². The SMILES string of the molecule is CCOC(=O)c1sc(C(C)NC(=NC)NCCCCOCCc2ccccc2)nc1C. The lowest BCUT2D eigenvalue weighted by Gasteiger charge is -2.16. The van der Waals surface area contributed by atoms with Gasteiger partial charge >= 0.3 is 5.97 Å². The molecule has 0 aliphatic heterocycles. The van der Waals surface area contributed by atoms with Crippen molar-refractivity contribution < 1.29 is 14.3 Å². The van der Waals surface area contributed by atoms with E-state index in [1.165, 1.54) is 16.9 Å². The maximum absolute atomic E-state index is 12.0. The summed E-state index contributed by atoms with van der Waals surface area (Å²) < 4.78 is 10.8. The lowest BCUT2D eigenvalue weighted by Crippen LogP contribution is -2.39. The van der Waals surface area contributed by atoms with Crippen molar-refractivity contribution in [2.75, 3.05) is 33.4 Å². The first-order chi connectivity index (χ1) is 15.0. The average Bonchev–Trinajstić information content (AvgIpc) is 3.17. The minimum Gasteiger partial charge on any atom is -0.462 e. The monoisotopic (exact) mass is 446 g/mol. The number of nitrogens with zero attached hydrogens (tertiary/aromatic N) is 2. The summed E-state index contributed by atoms with van der Waals surface area (Å²) in [6, 6.07) is 10.3. The van der Waals surface area contributed by atoms with Gasteiger partial charge in [-0.2, -0.15) is 0 Å². The standard InChI is InChI=1S/C23H34N4O3S/c1-5-30-22(28)20-17(2)26-21(31-20)18(3)27-23(24-4)25-14-9-10-15-29-16-13-19-11-7-6-8-12-19/h6-8,11-12,18H,5,9-10,13-16H2,1-4H3,(H2,24,25,27). The van der Waals surface area contributed by atoms with Crippen molar-refractivity contribution >= 4 is 23.3 Å². The molecule has 1 heterocycles. The lowest BCUT2D eigenvalue weighted by atomic mass is 10.2. The number of nitrogens with one attached hydrogen (secondary N) is 2. The van der Waals surface area contributed by atoms with Crippen molar-refractivity contribution in [3.63, 3.8) is 0 Å². The zero-order chi connectivity index (χ0) is 22.5. The van der Waals surface area contributed by atoms with Crippen molar-refractivity contribution in [1.29, 1.82) is 0 Å². The third kappa shape index (κ3) is 8.67.